The van der Waals surface area contributed by atoms with Crippen LogP contribution in [0.25, 0.3) is 0 Å². The topological polar surface area (TPSA) is 45.4 Å². The molecule has 1 aromatic heterocycles. The molecule has 0 saturated heterocycles. The van der Waals surface area contributed by atoms with Crippen LogP contribution in [-0.4, -0.2) is 30.6 Å². The van der Waals surface area contributed by atoms with Crippen LogP contribution in [0.3, 0.4) is 0 Å². The maximum atomic E-state index is 8.92. The van der Waals surface area contributed by atoms with Gasteiger partial charge < -0.3 is 14.8 Å². The van der Waals surface area contributed by atoms with E-state index in [1.54, 1.807) is 18.0 Å². The van der Waals surface area contributed by atoms with Gasteiger partial charge in [0.15, 0.2) is 0 Å². The van der Waals surface area contributed by atoms with Crippen molar-refractivity contribution in [3.63, 3.8) is 0 Å². The average molecular weight is 201 g/mol. The fraction of sp³-hybridized carbons (Fsp3) is 0.556. The zero-order valence-electron chi connectivity index (χ0n) is 7.91. The molecule has 3 nitrogen and oxygen atoms in total. The van der Waals surface area contributed by atoms with Gasteiger partial charge in [-0.15, -0.1) is 11.8 Å². The summed E-state index contributed by atoms with van der Waals surface area (Å²) in [5.74, 6) is 1.80. The van der Waals surface area contributed by atoms with Crippen LogP contribution in [0.4, 0.5) is 0 Å². The zero-order chi connectivity index (χ0) is 9.68. The minimum atomic E-state index is 0.152. The molecule has 0 radical (unpaired) electrons. The van der Waals surface area contributed by atoms with Gasteiger partial charge in [0.05, 0.1) is 12.9 Å². The Morgan fingerprint density at radius 3 is 2.92 bits per heavy atom. The third-order valence-electron chi connectivity index (χ3n) is 1.88. The Labute approximate surface area is 82.5 Å². The van der Waals surface area contributed by atoms with Gasteiger partial charge in [-0.3, -0.25) is 0 Å². The van der Waals surface area contributed by atoms with E-state index in [9.17, 15) is 0 Å². The summed E-state index contributed by atoms with van der Waals surface area (Å²) in [4.78, 5) is 1.15. The molecular weight excluding hydrogens is 186 g/mol. The standard InChI is InChI=1S/C9H15NO2S/c1-7-9(3-4-12-7)13-6-8(5-11)10-2/h3-4,8,10-11H,5-6H2,1-2H3. The molecular formula is C9H15NO2S. The highest BCUT2D eigenvalue weighted by atomic mass is 32.2. The van der Waals surface area contributed by atoms with E-state index in [1.165, 1.54) is 0 Å². The van der Waals surface area contributed by atoms with Crippen LogP contribution in [-0.2, 0) is 0 Å². The van der Waals surface area contributed by atoms with Crippen LogP contribution in [0.2, 0.25) is 0 Å². The molecule has 0 aliphatic rings. The summed E-state index contributed by atoms with van der Waals surface area (Å²) in [6, 6.07) is 2.10. The van der Waals surface area contributed by atoms with Crippen LogP contribution >= 0.6 is 11.8 Å². The molecule has 2 N–H and O–H groups in total. The van der Waals surface area contributed by atoms with Gasteiger partial charge in [-0.2, -0.15) is 0 Å². The van der Waals surface area contributed by atoms with Crippen molar-refractivity contribution in [1.82, 2.24) is 5.32 Å². The van der Waals surface area contributed by atoms with Crippen molar-refractivity contribution >= 4 is 11.8 Å². The Morgan fingerprint density at radius 2 is 2.46 bits per heavy atom. The van der Waals surface area contributed by atoms with Crippen molar-refractivity contribution in [2.75, 3.05) is 19.4 Å². The number of hydrogen-bond acceptors (Lipinski definition) is 4. The Morgan fingerprint density at radius 1 is 1.69 bits per heavy atom. The summed E-state index contributed by atoms with van der Waals surface area (Å²) in [5.41, 5.74) is 0. The summed E-state index contributed by atoms with van der Waals surface area (Å²) in [6.45, 7) is 2.11. The second kappa shape index (κ2) is 5.32. The molecule has 0 bridgehead atoms. The van der Waals surface area contributed by atoms with E-state index >= 15 is 0 Å². The van der Waals surface area contributed by atoms with Gasteiger partial charge >= 0.3 is 0 Å². The second-order valence-corrected chi connectivity index (χ2v) is 3.88. The molecule has 0 spiro atoms. The fourth-order valence-electron chi connectivity index (χ4n) is 0.941. The summed E-state index contributed by atoms with van der Waals surface area (Å²) in [7, 11) is 1.85. The number of aliphatic hydroxyl groups excluding tert-OH is 1. The van der Waals surface area contributed by atoms with Crippen molar-refractivity contribution in [2.24, 2.45) is 0 Å². The Bertz CT molecular complexity index is 246. The van der Waals surface area contributed by atoms with Gasteiger partial charge in [0.1, 0.15) is 5.76 Å². The van der Waals surface area contributed by atoms with E-state index in [-0.39, 0.29) is 12.6 Å². The van der Waals surface area contributed by atoms with Gasteiger partial charge in [-0.1, -0.05) is 0 Å². The summed E-state index contributed by atoms with van der Waals surface area (Å²) < 4.78 is 5.16. The summed E-state index contributed by atoms with van der Waals surface area (Å²) in [6.07, 6.45) is 1.69. The average Bonchev–Trinajstić information content (AvgIpc) is 2.54. The van der Waals surface area contributed by atoms with Crippen molar-refractivity contribution in [1.29, 1.82) is 0 Å². The Hall–Kier alpha value is -0.450. The normalized spacial score (nSPS) is 13.2. The van der Waals surface area contributed by atoms with Gasteiger partial charge in [0.2, 0.25) is 0 Å². The molecule has 1 rings (SSSR count). The quantitative estimate of drug-likeness (QED) is 0.704. The molecule has 0 amide bonds. The van der Waals surface area contributed by atoms with Gasteiger partial charge in [0, 0.05) is 16.7 Å². The van der Waals surface area contributed by atoms with Gasteiger partial charge in [-0.05, 0) is 20.0 Å². The van der Waals surface area contributed by atoms with E-state index < -0.39 is 0 Å². The maximum absolute atomic E-state index is 8.92. The Balaban J connectivity index is 2.38. The molecule has 0 aliphatic carbocycles. The molecule has 0 aromatic carbocycles. The van der Waals surface area contributed by atoms with Gasteiger partial charge in [-0.25, -0.2) is 0 Å². The number of thioether (sulfide) groups is 1. The van der Waals surface area contributed by atoms with Crippen LogP contribution in [0.15, 0.2) is 21.6 Å². The molecule has 0 fully saturated rings. The third kappa shape index (κ3) is 3.06. The largest absolute Gasteiger partial charge is 0.468 e. The predicted octanol–water partition coefficient (Wildman–Crippen LogP) is 1.26. The zero-order valence-corrected chi connectivity index (χ0v) is 8.73. The first-order chi connectivity index (χ1) is 6.27. The minimum Gasteiger partial charge on any atom is -0.468 e. The first-order valence-electron chi connectivity index (χ1n) is 4.23. The molecule has 4 heteroatoms. The number of aryl methyl sites for hydroxylation is 1. The number of rotatable bonds is 5. The number of furan rings is 1. The van der Waals surface area contributed by atoms with Crippen LogP contribution in [0.5, 0.6) is 0 Å². The SMILES string of the molecule is CNC(CO)CSc1ccoc1C. The predicted molar refractivity (Wildman–Crippen MR) is 54.1 cm³/mol. The highest BCUT2D eigenvalue weighted by molar-refractivity contribution is 7.99. The third-order valence-corrected chi connectivity index (χ3v) is 3.18. The van der Waals surface area contributed by atoms with Gasteiger partial charge in [0.25, 0.3) is 0 Å². The number of aliphatic hydroxyl groups is 1. The lowest BCUT2D eigenvalue weighted by Gasteiger charge is -2.11. The van der Waals surface area contributed by atoms with E-state index in [2.05, 4.69) is 5.32 Å². The number of likely N-dealkylation sites (N-methyl/N-ethyl adjacent to an activating group) is 1. The molecule has 0 aliphatic heterocycles. The second-order valence-electron chi connectivity index (χ2n) is 2.82. The van der Waals surface area contributed by atoms with E-state index in [0.717, 1.165) is 16.4 Å². The lowest BCUT2D eigenvalue weighted by atomic mass is 10.4. The molecule has 13 heavy (non-hydrogen) atoms. The first-order valence-corrected chi connectivity index (χ1v) is 5.21. The smallest absolute Gasteiger partial charge is 0.114 e. The van der Waals surface area contributed by atoms with Crippen molar-refractivity contribution in [3.8, 4) is 0 Å². The fourth-order valence-corrected chi connectivity index (χ4v) is 2.00. The van der Waals surface area contributed by atoms with Crippen LogP contribution in [0.1, 0.15) is 5.76 Å². The van der Waals surface area contributed by atoms with E-state index in [0.29, 0.717) is 0 Å². The van der Waals surface area contributed by atoms with Crippen molar-refractivity contribution in [2.45, 2.75) is 17.9 Å². The lowest BCUT2D eigenvalue weighted by Crippen LogP contribution is -2.31. The van der Waals surface area contributed by atoms with Crippen molar-refractivity contribution < 1.29 is 9.52 Å². The molecule has 1 aromatic rings. The van der Waals surface area contributed by atoms with Crippen LogP contribution < -0.4 is 5.32 Å². The maximum Gasteiger partial charge on any atom is 0.114 e. The monoisotopic (exact) mass is 201 g/mol. The van der Waals surface area contributed by atoms with Crippen molar-refractivity contribution in [3.05, 3.63) is 18.1 Å². The number of hydrogen-bond donors (Lipinski definition) is 2. The summed E-state index contributed by atoms with van der Waals surface area (Å²) >= 11 is 1.69. The molecule has 1 atom stereocenters. The lowest BCUT2D eigenvalue weighted by molar-refractivity contribution is 0.260. The molecule has 0 saturated carbocycles. The van der Waals surface area contributed by atoms with E-state index in [1.807, 2.05) is 20.0 Å². The highest BCUT2D eigenvalue weighted by Crippen LogP contribution is 2.23. The number of nitrogens with one attached hydrogen (secondary N) is 1. The Kier molecular flexibility index (Phi) is 4.35. The minimum absolute atomic E-state index is 0.152. The first kappa shape index (κ1) is 10.6. The van der Waals surface area contributed by atoms with E-state index in [4.69, 9.17) is 9.52 Å². The van der Waals surface area contributed by atoms with Crippen LogP contribution in [0, 0.1) is 6.92 Å². The molecule has 74 valence electrons. The summed E-state index contributed by atoms with van der Waals surface area (Å²) in [5, 5.41) is 12.0. The molecule has 1 heterocycles. The molecule has 1 unspecified atom stereocenters. The highest BCUT2D eigenvalue weighted by Gasteiger charge is 2.07.